The standard InChI is InChI=1S/C17H26ClNO/c1-4-17(3)15(12-16(17)20-5-2)19-11-10-13-6-8-14(18)9-7-13/h6-9,15-16,19H,4-5,10-12H2,1-3H3. The minimum absolute atomic E-state index is 0.288. The van der Waals surface area contributed by atoms with Crippen LogP contribution in [0.1, 0.15) is 39.2 Å². The summed E-state index contributed by atoms with van der Waals surface area (Å²) in [5.41, 5.74) is 1.62. The van der Waals surface area contributed by atoms with E-state index in [1.54, 1.807) is 0 Å². The third-order valence-electron chi connectivity index (χ3n) is 4.83. The van der Waals surface area contributed by atoms with Crippen molar-refractivity contribution in [3.63, 3.8) is 0 Å². The first kappa shape index (κ1) is 15.8. The topological polar surface area (TPSA) is 21.3 Å². The van der Waals surface area contributed by atoms with Crippen LogP contribution in [-0.2, 0) is 11.2 Å². The molecule has 3 unspecified atom stereocenters. The van der Waals surface area contributed by atoms with E-state index in [1.807, 2.05) is 12.1 Å². The smallest absolute Gasteiger partial charge is 0.0658 e. The average Bonchev–Trinajstić information content (AvgIpc) is 2.46. The molecule has 0 saturated heterocycles. The number of nitrogens with one attached hydrogen (secondary N) is 1. The molecule has 0 spiro atoms. The van der Waals surface area contributed by atoms with Crippen molar-refractivity contribution >= 4 is 11.6 Å². The second kappa shape index (κ2) is 6.93. The summed E-state index contributed by atoms with van der Waals surface area (Å²) in [6.07, 6.45) is 3.77. The van der Waals surface area contributed by atoms with Gasteiger partial charge in [0, 0.05) is 23.1 Å². The van der Waals surface area contributed by atoms with Crippen LogP contribution in [-0.4, -0.2) is 25.3 Å². The van der Waals surface area contributed by atoms with Gasteiger partial charge >= 0.3 is 0 Å². The lowest BCUT2D eigenvalue weighted by molar-refractivity contribution is -0.125. The van der Waals surface area contributed by atoms with Crippen LogP contribution in [0.5, 0.6) is 0 Å². The van der Waals surface area contributed by atoms with E-state index in [4.69, 9.17) is 16.3 Å². The van der Waals surface area contributed by atoms with E-state index in [1.165, 1.54) is 5.56 Å². The molecule has 0 bridgehead atoms. The monoisotopic (exact) mass is 295 g/mol. The third-order valence-corrected chi connectivity index (χ3v) is 5.08. The van der Waals surface area contributed by atoms with Crippen molar-refractivity contribution in [2.75, 3.05) is 13.2 Å². The van der Waals surface area contributed by atoms with Gasteiger partial charge in [0.05, 0.1) is 6.10 Å². The Labute approximate surface area is 127 Å². The fourth-order valence-electron chi connectivity index (χ4n) is 3.11. The van der Waals surface area contributed by atoms with Crippen molar-refractivity contribution in [2.24, 2.45) is 5.41 Å². The quantitative estimate of drug-likeness (QED) is 0.819. The Balaban J connectivity index is 1.78. The van der Waals surface area contributed by atoms with Crippen molar-refractivity contribution in [3.8, 4) is 0 Å². The fraction of sp³-hybridized carbons (Fsp3) is 0.647. The minimum Gasteiger partial charge on any atom is -0.378 e. The summed E-state index contributed by atoms with van der Waals surface area (Å²) in [4.78, 5) is 0. The first-order valence-corrected chi connectivity index (χ1v) is 8.07. The molecule has 1 aliphatic rings. The molecule has 112 valence electrons. The summed E-state index contributed by atoms with van der Waals surface area (Å²) in [7, 11) is 0. The highest BCUT2D eigenvalue weighted by Gasteiger charge is 2.50. The Bertz CT molecular complexity index is 420. The van der Waals surface area contributed by atoms with Crippen molar-refractivity contribution in [1.29, 1.82) is 0 Å². The lowest BCUT2D eigenvalue weighted by atomic mass is 9.61. The number of hydrogen-bond acceptors (Lipinski definition) is 2. The van der Waals surface area contributed by atoms with Gasteiger partial charge < -0.3 is 10.1 Å². The molecule has 2 nitrogen and oxygen atoms in total. The zero-order valence-corrected chi connectivity index (χ0v) is 13.5. The Morgan fingerprint density at radius 3 is 2.60 bits per heavy atom. The van der Waals surface area contributed by atoms with Gasteiger partial charge in [-0.2, -0.15) is 0 Å². The van der Waals surface area contributed by atoms with E-state index in [0.29, 0.717) is 12.1 Å². The highest BCUT2D eigenvalue weighted by atomic mass is 35.5. The van der Waals surface area contributed by atoms with Crippen LogP contribution < -0.4 is 5.32 Å². The van der Waals surface area contributed by atoms with Gasteiger partial charge in [0.25, 0.3) is 0 Å². The molecule has 3 atom stereocenters. The van der Waals surface area contributed by atoms with Gasteiger partial charge in [-0.15, -0.1) is 0 Å². The Kier molecular flexibility index (Phi) is 5.48. The summed E-state index contributed by atoms with van der Waals surface area (Å²) < 4.78 is 5.84. The Morgan fingerprint density at radius 1 is 1.30 bits per heavy atom. The molecule has 20 heavy (non-hydrogen) atoms. The first-order chi connectivity index (χ1) is 9.60. The van der Waals surface area contributed by atoms with Gasteiger partial charge in [0.15, 0.2) is 0 Å². The second-order valence-electron chi connectivity index (χ2n) is 5.92. The highest BCUT2D eigenvalue weighted by Crippen LogP contribution is 2.45. The van der Waals surface area contributed by atoms with E-state index in [0.717, 1.165) is 37.4 Å². The summed E-state index contributed by atoms with van der Waals surface area (Å²) in [5, 5.41) is 4.50. The van der Waals surface area contributed by atoms with Crippen LogP contribution in [0, 0.1) is 5.41 Å². The van der Waals surface area contributed by atoms with Gasteiger partial charge in [0.2, 0.25) is 0 Å². The largest absolute Gasteiger partial charge is 0.378 e. The van der Waals surface area contributed by atoms with Crippen molar-refractivity contribution < 1.29 is 4.74 Å². The van der Waals surface area contributed by atoms with Gasteiger partial charge in [-0.3, -0.25) is 0 Å². The summed E-state index contributed by atoms with van der Waals surface area (Å²) >= 11 is 5.90. The zero-order valence-electron chi connectivity index (χ0n) is 12.8. The fourth-order valence-corrected chi connectivity index (χ4v) is 3.23. The van der Waals surface area contributed by atoms with Crippen molar-refractivity contribution in [2.45, 2.75) is 52.2 Å². The van der Waals surface area contributed by atoms with Crippen molar-refractivity contribution in [1.82, 2.24) is 5.32 Å². The maximum atomic E-state index is 5.90. The van der Waals surface area contributed by atoms with Crippen LogP contribution in [0.4, 0.5) is 0 Å². The molecule has 0 radical (unpaired) electrons. The number of benzene rings is 1. The van der Waals surface area contributed by atoms with Crippen LogP contribution in [0.15, 0.2) is 24.3 Å². The number of hydrogen-bond donors (Lipinski definition) is 1. The molecule has 2 rings (SSSR count). The molecule has 1 saturated carbocycles. The molecular weight excluding hydrogens is 270 g/mol. The molecule has 1 N–H and O–H groups in total. The number of halogens is 1. The minimum atomic E-state index is 0.288. The Hall–Kier alpha value is -0.570. The van der Waals surface area contributed by atoms with Gasteiger partial charge in [-0.25, -0.2) is 0 Å². The highest BCUT2D eigenvalue weighted by molar-refractivity contribution is 6.30. The van der Waals surface area contributed by atoms with E-state index < -0.39 is 0 Å². The molecule has 0 heterocycles. The predicted molar refractivity (Wildman–Crippen MR) is 85.4 cm³/mol. The predicted octanol–water partition coefficient (Wildman–Crippen LogP) is 4.07. The molecular formula is C17H26ClNO. The third kappa shape index (κ3) is 3.36. The second-order valence-corrected chi connectivity index (χ2v) is 6.36. The van der Waals surface area contributed by atoms with E-state index in [9.17, 15) is 0 Å². The molecule has 1 aromatic rings. The number of rotatable bonds is 7. The molecule has 0 aromatic heterocycles. The van der Waals surface area contributed by atoms with Gasteiger partial charge in [-0.1, -0.05) is 37.6 Å². The maximum Gasteiger partial charge on any atom is 0.0658 e. The van der Waals surface area contributed by atoms with Gasteiger partial charge in [-0.05, 0) is 50.4 Å². The molecule has 1 aliphatic carbocycles. The lowest BCUT2D eigenvalue weighted by Crippen LogP contribution is -2.62. The van der Waals surface area contributed by atoms with E-state index >= 15 is 0 Å². The van der Waals surface area contributed by atoms with Crippen LogP contribution >= 0.6 is 11.6 Å². The van der Waals surface area contributed by atoms with Crippen LogP contribution in [0.3, 0.4) is 0 Å². The zero-order chi connectivity index (χ0) is 14.6. The summed E-state index contributed by atoms with van der Waals surface area (Å²) in [6.45, 7) is 8.52. The lowest BCUT2D eigenvalue weighted by Gasteiger charge is -2.53. The first-order valence-electron chi connectivity index (χ1n) is 7.69. The summed E-state index contributed by atoms with van der Waals surface area (Å²) in [5.74, 6) is 0. The van der Waals surface area contributed by atoms with E-state index in [-0.39, 0.29) is 5.41 Å². The number of ether oxygens (including phenoxy) is 1. The summed E-state index contributed by atoms with van der Waals surface area (Å²) in [6, 6.07) is 8.71. The molecule has 0 aliphatic heterocycles. The van der Waals surface area contributed by atoms with E-state index in [2.05, 4.69) is 38.2 Å². The van der Waals surface area contributed by atoms with Crippen LogP contribution in [0.25, 0.3) is 0 Å². The van der Waals surface area contributed by atoms with Crippen molar-refractivity contribution in [3.05, 3.63) is 34.9 Å². The Morgan fingerprint density at radius 2 is 2.00 bits per heavy atom. The van der Waals surface area contributed by atoms with Gasteiger partial charge in [0.1, 0.15) is 0 Å². The SMILES string of the molecule is CCOC1CC(NCCc2ccc(Cl)cc2)C1(C)CC. The molecule has 1 aromatic carbocycles. The average molecular weight is 296 g/mol. The maximum absolute atomic E-state index is 5.90. The molecule has 3 heteroatoms. The van der Waals surface area contributed by atoms with Crippen LogP contribution in [0.2, 0.25) is 5.02 Å². The normalized spacial score (nSPS) is 29.2. The molecule has 1 fully saturated rings. The molecule has 0 amide bonds.